The average molecular weight is 353 g/mol. The van der Waals surface area contributed by atoms with Crippen LogP contribution in [0.15, 0.2) is 28.8 Å². The Morgan fingerprint density at radius 2 is 2.15 bits per heavy atom. The number of fused-ring (bicyclic) bond motifs is 1. The van der Waals surface area contributed by atoms with Gasteiger partial charge in [-0.25, -0.2) is 4.68 Å². The van der Waals surface area contributed by atoms with Crippen molar-refractivity contribution in [3.63, 3.8) is 0 Å². The summed E-state index contributed by atoms with van der Waals surface area (Å²) in [4.78, 5) is 16.8. The number of aryl methyl sites for hydroxylation is 2. The summed E-state index contributed by atoms with van der Waals surface area (Å²) in [6.07, 6.45) is 2.73. The van der Waals surface area contributed by atoms with E-state index in [0.717, 1.165) is 36.9 Å². The third kappa shape index (κ3) is 3.32. The molecular formula is C17H19N7O2. The van der Waals surface area contributed by atoms with Crippen LogP contribution in [-0.2, 0) is 17.9 Å². The van der Waals surface area contributed by atoms with E-state index in [1.54, 1.807) is 11.6 Å². The second-order valence-corrected chi connectivity index (χ2v) is 6.36. The van der Waals surface area contributed by atoms with Crippen molar-refractivity contribution in [1.82, 2.24) is 35.7 Å². The molecule has 0 saturated heterocycles. The molecule has 2 aromatic heterocycles. The first-order valence-electron chi connectivity index (χ1n) is 8.64. The van der Waals surface area contributed by atoms with Crippen LogP contribution in [0.1, 0.15) is 42.5 Å². The highest BCUT2D eigenvalue weighted by atomic mass is 16.5. The fraction of sp³-hybridized carbons (Fsp3) is 0.412. The highest BCUT2D eigenvalue weighted by molar-refractivity contribution is 5.82. The van der Waals surface area contributed by atoms with Crippen molar-refractivity contribution in [2.24, 2.45) is 0 Å². The number of aromatic nitrogens is 6. The lowest BCUT2D eigenvalue weighted by Gasteiger charge is -2.13. The number of hydrogen-bond acceptors (Lipinski definition) is 7. The standard InChI is InChI=1S/C17H19N7O2/c1-11-19-15(21-26-11)13-7-5-12(6-8-13)10-18-17(25)14-4-2-3-9-24-16(14)20-22-23-24/h5-8,14H,2-4,9-10H2,1H3,(H,18,25). The second-order valence-electron chi connectivity index (χ2n) is 6.36. The van der Waals surface area contributed by atoms with Gasteiger partial charge in [0.15, 0.2) is 5.82 Å². The molecule has 0 saturated carbocycles. The molecule has 4 rings (SSSR count). The minimum Gasteiger partial charge on any atom is -0.351 e. The van der Waals surface area contributed by atoms with Crippen molar-refractivity contribution in [2.75, 3.05) is 0 Å². The SMILES string of the molecule is Cc1nc(-c2ccc(CNC(=O)C3CCCCn4nnnc43)cc2)no1. The largest absolute Gasteiger partial charge is 0.351 e. The highest BCUT2D eigenvalue weighted by Crippen LogP contribution is 2.24. The van der Waals surface area contributed by atoms with Crippen LogP contribution in [0.2, 0.25) is 0 Å². The second kappa shape index (κ2) is 7.03. The smallest absolute Gasteiger partial charge is 0.231 e. The number of tetrazole rings is 1. The summed E-state index contributed by atoms with van der Waals surface area (Å²) in [6.45, 7) is 2.97. The fourth-order valence-electron chi connectivity index (χ4n) is 3.11. The summed E-state index contributed by atoms with van der Waals surface area (Å²) in [7, 11) is 0. The Balaban J connectivity index is 1.40. The molecule has 1 unspecified atom stereocenters. The van der Waals surface area contributed by atoms with Crippen molar-refractivity contribution in [3.05, 3.63) is 41.5 Å². The van der Waals surface area contributed by atoms with Crippen LogP contribution in [0, 0.1) is 6.92 Å². The number of nitrogens with zero attached hydrogens (tertiary/aromatic N) is 6. The summed E-state index contributed by atoms with van der Waals surface area (Å²) in [5.74, 6) is 1.41. The number of hydrogen-bond donors (Lipinski definition) is 1. The van der Waals surface area contributed by atoms with E-state index >= 15 is 0 Å². The Morgan fingerprint density at radius 1 is 1.31 bits per heavy atom. The zero-order chi connectivity index (χ0) is 17.9. The number of carbonyl (C=O) groups is 1. The fourth-order valence-corrected chi connectivity index (χ4v) is 3.11. The van der Waals surface area contributed by atoms with Gasteiger partial charge in [0.2, 0.25) is 17.6 Å². The predicted molar refractivity (Wildman–Crippen MR) is 90.7 cm³/mol. The maximum atomic E-state index is 12.6. The van der Waals surface area contributed by atoms with E-state index in [9.17, 15) is 4.79 Å². The predicted octanol–water partition coefficient (Wildman–Crippen LogP) is 1.62. The molecule has 9 heteroatoms. The highest BCUT2D eigenvalue weighted by Gasteiger charge is 2.28. The van der Waals surface area contributed by atoms with Crippen molar-refractivity contribution in [2.45, 2.75) is 45.2 Å². The van der Waals surface area contributed by atoms with Gasteiger partial charge in [0, 0.05) is 25.6 Å². The number of carbonyl (C=O) groups excluding carboxylic acids is 1. The van der Waals surface area contributed by atoms with E-state index in [4.69, 9.17) is 4.52 Å². The molecule has 0 radical (unpaired) electrons. The monoisotopic (exact) mass is 353 g/mol. The summed E-state index contributed by atoms with van der Waals surface area (Å²) in [6, 6.07) is 7.72. The quantitative estimate of drug-likeness (QED) is 0.758. The molecule has 0 aliphatic carbocycles. The first-order valence-corrected chi connectivity index (χ1v) is 8.64. The van der Waals surface area contributed by atoms with Crippen molar-refractivity contribution in [1.29, 1.82) is 0 Å². The summed E-state index contributed by atoms with van der Waals surface area (Å²) in [5, 5.41) is 18.6. The molecular weight excluding hydrogens is 334 g/mol. The van der Waals surface area contributed by atoms with E-state index < -0.39 is 0 Å². The molecule has 1 atom stereocenters. The van der Waals surface area contributed by atoms with Gasteiger partial charge < -0.3 is 9.84 Å². The van der Waals surface area contributed by atoms with E-state index in [-0.39, 0.29) is 11.8 Å². The lowest BCUT2D eigenvalue weighted by Crippen LogP contribution is -2.30. The average Bonchev–Trinajstić information content (AvgIpc) is 3.25. The lowest BCUT2D eigenvalue weighted by molar-refractivity contribution is -0.123. The molecule has 1 aliphatic heterocycles. The minimum absolute atomic E-state index is 0.0409. The Morgan fingerprint density at radius 3 is 2.92 bits per heavy atom. The molecule has 1 aliphatic rings. The van der Waals surface area contributed by atoms with Gasteiger partial charge in [-0.2, -0.15) is 4.98 Å². The summed E-state index contributed by atoms with van der Waals surface area (Å²) in [5.41, 5.74) is 1.87. The van der Waals surface area contributed by atoms with Crippen LogP contribution in [-0.4, -0.2) is 36.3 Å². The van der Waals surface area contributed by atoms with Crippen molar-refractivity contribution >= 4 is 5.91 Å². The van der Waals surface area contributed by atoms with Crippen LogP contribution in [0.25, 0.3) is 11.4 Å². The van der Waals surface area contributed by atoms with Gasteiger partial charge in [0.05, 0.1) is 5.92 Å². The zero-order valence-corrected chi connectivity index (χ0v) is 14.4. The van der Waals surface area contributed by atoms with Gasteiger partial charge in [0.25, 0.3) is 0 Å². The molecule has 1 amide bonds. The molecule has 1 aromatic carbocycles. The number of rotatable bonds is 4. The number of benzene rings is 1. The van der Waals surface area contributed by atoms with Gasteiger partial charge in [-0.15, -0.1) is 5.10 Å². The Bertz CT molecular complexity index is 900. The number of nitrogens with one attached hydrogen (secondary N) is 1. The third-order valence-electron chi connectivity index (χ3n) is 4.51. The maximum absolute atomic E-state index is 12.6. The Hall–Kier alpha value is -3.10. The van der Waals surface area contributed by atoms with Gasteiger partial charge in [-0.05, 0) is 28.8 Å². The first kappa shape index (κ1) is 16.4. The van der Waals surface area contributed by atoms with E-state index in [0.29, 0.717) is 24.1 Å². The molecule has 1 N–H and O–H groups in total. The van der Waals surface area contributed by atoms with E-state index in [2.05, 4.69) is 31.0 Å². The van der Waals surface area contributed by atoms with E-state index in [1.165, 1.54) is 0 Å². The van der Waals surface area contributed by atoms with Crippen LogP contribution < -0.4 is 5.32 Å². The Labute approximate surface area is 149 Å². The van der Waals surface area contributed by atoms with E-state index in [1.807, 2.05) is 24.3 Å². The first-order chi connectivity index (χ1) is 12.7. The lowest BCUT2D eigenvalue weighted by atomic mass is 10.0. The van der Waals surface area contributed by atoms with Crippen LogP contribution >= 0.6 is 0 Å². The molecule has 0 spiro atoms. The summed E-state index contributed by atoms with van der Waals surface area (Å²) >= 11 is 0. The van der Waals surface area contributed by atoms with Crippen molar-refractivity contribution in [3.8, 4) is 11.4 Å². The molecule has 3 aromatic rings. The van der Waals surface area contributed by atoms with Gasteiger partial charge in [-0.1, -0.05) is 35.8 Å². The van der Waals surface area contributed by atoms with Crippen LogP contribution in [0.5, 0.6) is 0 Å². The van der Waals surface area contributed by atoms with Crippen LogP contribution in [0.3, 0.4) is 0 Å². The van der Waals surface area contributed by atoms with Gasteiger partial charge in [-0.3, -0.25) is 4.79 Å². The maximum Gasteiger partial charge on any atom is 0.231 e. The molecule has 9 nitrogen and oxygen atoms in total. The van der Waals surface area contributed by atoms with Gasteiger partial charge in [0.1, 0.15) is 0 Å². The normalized spacial score (nSPS) is 16.7. The van der Waals surface area contributed by atoms with Gasteiger partial charge >= 0.3 is 0 Å². The Kier molecular flexibility index (Phi) is 4.42. The molecule has 0 bridgehead atoms. The minimum atomic E-state index is -0.297. The third-order valence-corrected chi connectivity index (χ3v) is 4.51. The number of amides is 1. The van der Waals surface area contributed by atoms with Crippen molar-refractivity contribution < 1.29 is 9.32 Å². The van der Waals surface area contributed by atoms with Crippen LogP contribution in [0.4, 0.5) is 0 Å². The zero-order valence-electron chi connectivity index (χ0n) is 14.4. The summed E-state index contributed by atoms with van der Waals surface area (Å²) < 4.78 is 6.73. The molecule has 0 fully saturated rings. The molecule has 134 valence electrons. The topological polar surface area (TPSA) is 112 Å². The molecule has 3 heterocycles. The molecule has 26 heavy (non-hydrogen) atoms.